The summed E-state index contributed by atoms with van der Waals surface area (Å²) in [6.45, 7) is 4.68. The van der Waals surface area contributed by atoms with Crippen LogP contribution in [0.4, 0.5) is 0 Å². The molecule has 1 N–H and O–H groups in total. The van der Waals surface area contributed by atoms with Crippen molar-refractivity contribution >= 4 is 11.3 Å². The number of likely N-dealkylation sites (tertiary alicyclic amines) is 1. The van der Waals surface area contributed by atoms with Crippen molar-refractivity contribution in [2.24, 2.45) is 0 Å². The van der Waals surface area contributed by atoms with E-state index in [0.29, 0.717) is 11.7 Å². The molecule has 1 aliphatic rings. The molecule has 21 heavy (non-hydrogen) atoms. The molecule has 1 fully saturated rings. The van der Waals surface area contributed by atoms with E-state index in [-0.39, 0.29) is 0 Å². The van der Waals surface area contributed by atoms with E-state index in [9.17, 15) is 5.11 Å². The van der Waals surface area contributed by atoms with Crippen LogP contribution in [0.1, 0.15) is 32.1 Å². The fourth-order valence-electron chi connectivity index (χ4n) is 2.88. The average molecular weight is 307 g/mol. The Morgan fingerprint density at radius 2 is 2.33 bits per heavy atom. The maximum Gasteiger partial charge on any atom is 0.227 e. The Morgan fingerprint density at radius 3 is 3.05 bits per heavy atom. The average Bonchev–Trinajstić information content (AvgIpc) is 3.07. The van der Waals surface area contributed by atoms with E-state index in [2.05, 4.69) is 22.0 Å². The molecule has 2 aromatic heterocycles. The fourth-order valence-corrected chi connectivity index (χ4v) is 3.53. The van der Waals surface area contributed by atoms with Gasteiger partial charge in [-0.05, 0) is 30.8 Å². The Morgan fingerprint density at radius 1 is 1.48 bits per heavy atom. The Labute approximate surface area is 128 Å². The molecule has 2 aromatic rings. The molecule has 0 aliphatic carbocycles. The molecule has 0 bridgehead atoms. The number of β-amino-alcohol motifs (C(OH)–C–C–N with tert-alkyl or cyclic N) is 1. The molecule has 0 unspecified atom stereocenters. The van der Waals surface area contributed by atoms with Crippen molar-refractivity contribution in [3.8, 4) is 10.7 Å². The predicted octanol–water partition coefficient (Wildman–Crippen LogP) is 2.58. The standard InChI is InChI=1S/C15H21N3O2S/c1-2-7-15(19)10-18(11-15)8-3-6-13-16-14(17-20-13)12-5-4-9-21-12/h4-5,9,19H,2-3,6-8,10-11H2,1H3. The topological polar surface area (TPSA) is 62.4 Å². The molecular weight excluding hydrogens is 286 g/mol. The van der Waals surface area contributed by atoms with E-state index >= 15 is 0 Å². The van der Waals surface area contributed by atoms with Crippen LogP contribution in [0.5, 0.6) is 0 Å². The van der Waals surface area contributed by atoms with E-state index in [1.54, 1.807) is 11.3 Å². The van der Waals surface area contributed by atoms with E-state index in [1.807, 2.05) is 17.5 Å². The summed E-state index contributed by atoms with van der Waals surface area (Å²) >= 11 is 1.61. The highest BCUT2D eigenvalue weighted by Gasteiger charge is 2.39. The molecule has 114 valence electrons. The molecule has 5 nitrogen and oxygen atoms in total. The van der Waals surface area contributed by atoms with E-state index in [1.165, 1.54) is 0 Å². The smallest absolute Gasteiger partial charge is 0.227 e. The molecular formula is C15H21N3O2S. The van der Waals surface area contributed by atoms with Gasteiger partial charge in [0.2, 0.25) is 11.7 Å². The summed E-state index contributed by atoms with van der Waals surface area (Å²) in [6, 6.07) is 3.98. The maximum absolute atomic E-state index is 10.1. The molecule has 1 saturated heterocycles. The van der Waals surface area contributed by atoms with Gasteiger partial charge in [0.15, 0.2) is 0 Å². The molecule has 0 saturated carbocycles. The van der Waals surface area contributed by atoms with Crippen molar-refractivity contribution in [1.82, 2.24) is 15.0 Å². The van der Waals surface area contributed by atoms with Gasteiger partial charge in [0.05, 0.1) is 10.5 Å². The SMILES string of the molecule is CCCC1(O)CN(CCCc2nc(-c3cccs3)no2)C1. The van der Waals surface area contributed by atoms with Gasteiger partial charge in [-0.15, -0.1) is 11.3 Å². The minimum atomic E-state index is -0.439. The number of aliphatic hydroxyl groups is 1. The number of aryl methyl sites for hydroxylation is 1. The molecule has 3 heterocycles. The highest BCUT2D eigenvalue weighted by molar-refractivity contribution is 7.13. The largest absolute Gasteiger partial charge is 0.387 e. The van der Waals surface area contributed by atoms with E-state index in [4.69, 9.17) is 4.52 Å². The van der Waals surface area contributed by atoms with Crippen molar-refractivity contribution in [1.29, 1.82) is 0 Å². The summed E-state index contributed by atoms with van der Waals surface area (Å²) in [5.74, 6) is 1.38. The Balaban J connectivity index is 1.41. The van der Waals surface area contributed by atoms with Crippen molar-refractivity contribution in [3.05, 3.63) is 23.4 Å². The lowest BCUT2D eigenvalue weighted by Gasteiger charge is -2.46. The molecule has 1 aliphatic heterocycles. The summed E-state index contributed by atoms with van der Waals surface area (Å²) in [6.07, 6.45) is 3.71. The highest BCUT2D eigenvalue weighted by Crippen LogP contribution is 2.26. The van der Waals surface area contributed by atoms with Gasteiger partial charge < -0.3 is 9.63 Å². The van der Waals surface area contributed by atoms with Crippen molar-refractivity contribution in [2.75, 3.05) is 19.6 Å². The summed E-state index contributed by atoms with van der Waals surface area (Å²) in [4.78, 5) is 7.74. The lowest BCUT2D eigenvalue weighted by atomic mass is 9.89. The molecule has 0 amide bonds. The molecule has 0 aromatic carbocycles. The number of aromatic nitrogens is 2. The van der Waals surface area contributed by atoms with Gasteiger partial charge in [-0.1, -0.05) is 24.6 Å². The molecule has 0 radical (unpaired) electrons. The summed E-state index contributed by atoms with van der Waals surface area (Å²) in [5, 5.41) is 16.1. The minimum absolute atomic E-state index is 0.439. The highest BCUT2D eigenvalue weighted by atomic mass is 32.1. The Hall–Kier alpha value is -1.24. The zero-order valence-corrected chi connectivity index (χ0v) is 13.1. The van der Waals surface area contributed by atoms with Gasteiger partial charge in [0, 0.05) is 19.5 Å². The Bertz CT molecular complexity index is 561. The van der Waals surface area contributed by atoms with Gasteiger partial charge in [0.25, 0.3) is 0 Å². The number of nitrogens with zero attached hydrogens (tertiary/aromatic N) is 3. The zero-order valence-electron chi connectivity index (χ0n) is 12.3. The first-order chi connectivity index (χ1) is 10.2. The maximum atomic E-state index is 10.1. The van der Waals surface area contributed by atoms with Crippen molar-refractivity contribution < 1.29 is 9.63 Å². The second kappa shape index (κ2) is 6.25. The fraction of sp³-hybridized carbons (Fsp3) is 0.600. The van der Waals surface area contributed by atoms with Crippen LogP contribution in [0, 0.1) is 0 Å². The van der Waals surface area contributed by atoms with Crippen LogP contribution >= 0.6 is 11.3 Å². The first-order valence-corrected chi connectivity index (χ1v) is 8.38. The van der Waals surface area contributed by atoms with Gasteiger partial charge in [0.1, 0.15) is 0 Å². The van der Waals surface area contributed by atoms with Crippen LogP contribution < -0.4 is 0 Å². The van der Waals surface area contributed by atoms with Crippen LogP contribution in [0.2, 0.25) is 0 Å². The molecule has 0 atom stereocenters. The predicted molar refractivity (Wildman–Crippen MR) is 82.2 cm³/mol. The van der Waals surface area contributed by atoms with Crippen LogP contribution in [0.3, 0.4) is 0 Å². The number of hydrogen-bond acceptors (Lipinski definition) is 6. The number of rotatable bonds is 7. The summed E-state index contributed by atoms with van der Waals surface area (Å²) in [5.41, 5.74) is -0.439. The molecule has 0 spiro atoms. The monoisotopic (exact) mass is 307 g/mol. The molecule has 6 heteroatoms. The Kier molecular flexibility index (Phi) is 4.37. The van der Waals surface area contributed by atoms with Gasteiger partial charge in [-0.3, -0.25) is 4.90 Å². The first kappa shape index (κ1) is 14.7. The van der Waals surface area contributed by atoms with Crippen LogP contribution in [0.15, 0.2) is 22.0 Å². The van der Waals surface area contributed by atoms with Gasteiger partial charge in [-0.2, -0.15) is 4.98 Å². The third kappa shape index (κ3) is 3.51. The van der Waals surface area contributed by atoms with Crippen LogP contribution in [-0.2, 0) is 6.42 Å². The second-order valence-electron chi connectivity index (χ2n) is 5.78. The van der Waals surface area contributed by atoms with Crippen molar-refractivity contribution in [3.63, 3.8) is 0 Å². The first-order valence-electron chi connectivity index (χ1n) is 7.50. The summed E-state index contributed by atoms with van der Waals surface area (Å²) < 4.78 is 5.28. The van der Waals surface area contributed by atoms with E-state index < -0.39 is 5.60 Å². The van der Waals surface area contributed by atoms with Crippen LogP contribution in [0.25, 0.3) is 10.7 Å². The van der Waals surface area contributed by atoms with Crippen LogP contribution in [-0.4, -0.2) is 45.4 Å². The molecule has 3 rings (SSSR count). The summed E-state index contributed by atoms with van der Waals surface area (Å²) in [7, 11) is 0. The van der Waals surface area contributed by atoms with Gasteiger partial charge >= 0.3 is 0 Å². The quantitative estimate of drug-likeness (QED) is 0.852. The van der Waals surface area contributed by atoms with Gasteiger partial charge in [-0.25, -0.2) is 0 Å². The lowest BCUT2D eigenvalue weighted by Crippen LogP contribution is -2.61. The number of hydrogen-bond donors (Lipinski definition) is 1. The second-order valence-corrected chi connectivity index (χ2v) is 6.73. The third-order valence-corrected chi connectivity index (χ3v) is 4.69. The number of thiophene rings is 1. The lowest BCUT2D eigenvalue weighted by molar-refractivity contribution is -0.103. The third-order valence-electron chi connectivity index (χ3n) is 3.83. The minimum Gasteiger partial charge on any atom is -0.387 e. The normalized spacial score (nSPS) is 17.8. The zero-order chi connectivity index (χ0) is 14.7. The van der Waals surface area contributed by atoms with Crippen molar-refractivity contribution in [2.45, 2.75) is 38.2 Å². The van der Waals surface area contributed by atoms with E-state index in [0.717, 1.165) is 50.2 Å².